The van der Waals surface area contributed by atoms with E-state index >= 15 is 0 Å². The lowest BCUT2D eigenvalue weighted by Gasteiger charge is -2.02. The fourth-order valence-electron chi connectivity index (χ4n) is 1.71. The third-order valence-electron chi connectivity index (χ3n) is 2.76. The largest absolute Gasteiger partial charge is 0.307 e. The zero-order chi connectivity index (χ0) is 15.2. The number of aromatic nitrogens is 1. The lowest BCUT2D eigenvalue weighted by atomic mass is 10.2. The van der Waals surface area contributed by atoms with Crippen molar-refractivity contribution >= 4 is 23.5 Å². The number of nitrogens with zero attached hydrogens (tertiary/aromatic N) is 2. The van der Waals surface area contributed by atoms with E-state index in [0.717, 1.165) is 11.8 Å². The van der Waals surface area contributed by atoms with Crippen LogP contribution in [0.3, 0.4) is 0 Å². The van der Waals surface area contributed by atoms with Crippen LogP contribution in [0.2, 0.25) is 0 Å². The minimum absolute atomic E-state index is 0.0761. The van der Waals surface area contributed by atoms with Crippen molar-refractivity contribution in [1.82, 2.24) is 4.98 Å². The van der Waals surface area contributed by atoms with E-state index in [9.17, 15) is 14.9 Å². The van der Waals surface area contributed by atoms with E-state index in [0.29, 0.717) is 5.56 Å². The number of nitrogens with one attached hydrogen (secondary N) is 1. The van der Waals surface area contributed by atoms with Gasteiger partial charge in [0.25, 0.3) is 5.69 Å². The summed E-state index contributed by atoms with van der Waals surface area (Å²) >= 11 is 0. The van der Waals surface area contributed by atoms with Gasteiger partial charge in [0.05, 0.1) is 4.92 Å². The summed E-state index contributed by atoms with van der Waals surface area (Å²) in [6.07, 6.45) is 4.19. The Morgan fingerprint density at radius 3 is 2.67 bits per heavy atom. The van der Waals surface area contributed by atoms with Gasteiger partial charge in [-0.25, -0.2) is 4.98 Å². The fraction of sp³-hybridized carbons (Fsp3) is 0.0667. The Hall–Kier alpha value is -3.02. The quantitative estimate of drug-likeness (QED) is 0.531. The number of carbonyl (C=O) groups excluding carboxylic acids is 1. The molecule has 2 aromatic rings. The molecular formula is C15H13N3O3. The summed E-state index contributed by atoms with van der Waals surface area (Å²) in [6.45, 7) is 1.59. The van der Waals surface area contributed by atoms with E-state index < -0.39 is 4.92 Å². The number of rotatable bonds is 4. The normalized spacial score (nSPS) is 10.5. The number of amides is 1. The molecular weight excluding hydrogens is 270 g/mol. The number of hydrogen-bond donors (Lipinski definition) is 1. The summed E-state index contributed by atoms with van der Waals surface area (Å²) in [4.78, 5) is 25.8. The van der Waals surface area contributed by atoms with E-state index in [2.05, 4.69) is 10.3 Å². The third-order valence-corrected chi connectivity index (χ3v) is 2.76. The average molecular weight is 283 g/mol. The van der Waals surface area contributed by atoms with Gasteiger partial charge >= 0.3 is 0 Å². The molecule has 1 aromatic carbocycles. The predicted molar refractivity (Wildman–Crippen MR) is 79.7 cm³/mol. The van der Waals surface area contributed by atoms with Gasteiger partial charge in [0.2, 0.25) is 5.91 Å². The minimum atomic E-state index is -0.511. The van der Waals surface area contributed by atoms with Gasteiger partial charge in [-0.1, -0.05) is 30.3 Å². The Morgan fingerprint density at radius 2 is 2.05 bits per heavy atom. The first-order valence-corrected chi connectivity index (χ1v) is 6.21. The molecule has 6 nitrogen and oxygen atoms in total. The maximum atomic E-state index is 11.7. The molecule has 106 valence electrons. The van der Waals surface area contributed by atoms with Crippen LogP contribution in [0, 0.1) is 17.0 Å². The highest BCUT2D eigenvalue weighted by atomic mass is 16.6. The summed E-state index contributed by atoms with van der Waals surface area (Å²) in [5.41, 5.74) is 1.27. The van der Waals surface area contributed by atoms with Crippen LogP contribution in [0.15, 0.2) is 48.7 Å². The van der Waals surface area contributed by atoms with Crippen molar-refractivity contribution in [2.75, 3.05) is 5.32 Å². The van der Waals surface area contributed by atoms with Gasteiger partial charge in [0, 0.05) is 11.6 Å². The number of carbonyl (C=O) groups is 1. The molecule has 0 radical (unpaired) electrons. The molecule has 1 heterocycles. The Morgan fingerprint density at radius 1 is 1.33 bits per heavy atom. The average Bonchev–Trinajstić information content (AvgIpc) is 2.46. The van der Waals surface area contributed by atoms with E-state index in [1.807, 2.05) is 30.3 Å². The first-order valence-electron chi connectivity index (χ1n) is 6.21. The molecule has 6 heteroatoms. The Balaban J connectivity index is 2.05. The molecule has 0 aliphatic rings. The zero-order valence-corrected chi connectivity index (χ0v) is 11.3. The van der Waals surface area contributed by atoms with Gasteiger partial charge < -0.3 is 5.32 Å². The van der Waals surface area contributed by atoms with E-state index in [-0.39, 0.29) is 17.4 Å². The maximum absolute atomic E-state index is 11.7. The van der Waals surface area contributed by atoms with Crippen molar-refractivity contribution < 1.29 is 9.72 Å². The topological polar surface area (TPSA) is 85.1 Å². The van der Waals surface area contributed by atoms with Gasteiger partial charge in [-0.15, -0.1) is 0 Å². The molecule has 0 saturated carbocycles. The zero-order valence-electron chi connectivity index (χ0n) is 11.3. The molecule has 0 spiro atoms. The first-order chi connectivity index (χ1) is 10.1. The molecule has 0 fully saturated rings. The third kappa shape index (κ3) is 3.97. The lowest BCUT2D eigenvalue weighted by molar-refractivity contribution is -0.385. The highest BCUT2D eigenvalue weighted by Gasteiger charge is 2.11. The number of benzene rings is 1. The van der Waals surface area contributed by atoms with Crippen LogP contribution >= 0.6 is 0 Å². The van der Waals surface area contributed by atoms with Gasteiger partial charge in [-0.2, -0.15) is 0 Å². The van der Waals surface area contributed by atoms with Crippen molar-refractivity contribution in [3.05, 3.63) is 69.9 Å². The summed E-state index contributed by atoms with van der Waals surface area (Å²) in [5, 5.41) is 13.2. The van der Waals surface area contributed by atoms with Gasteiger partial charge in [-0.05, 0) is 24.6 Å². The molecule has 0 aliphatic carbocycles. The van der Waals surface area contributed by atoms with Crippen LogP contribution in [0.25, 0.3) is 6.08 Å². The van der Waals surface area contributed by atoms with Crippen molar-refractivity contribution in [2.24, 2.45) is 0 Å². The molecule has 2 rings (SSSR count). The summed E-state index contributed by atoms with van der Waals surface area (Å²) in [6, 6.07) is 10.8. The van der Waals surface area contributed by atoms with Crippen molar-refractivity contribution in [2.45, 2.75) is 6.92 Å². The van der Waals surface area contributed by atoms with Crippen LogP contribution in [0.1, 0.15) is 11.1 Å². The molecule has 1 amide bonds. The lowest BCUT2D eigenvalue weighted by Crippen LogP contribution is -2.09. The van der Waals surface area contributed by atoms with Crippen molar-refractivity contribution in [1.29, 1.82) is 0 Å². The molecule has 0 atom stereocenters. The number of pyridine rings is 1. The number of hydrogen-bond acceptors (Lipinski definition) is 4. The molecule has 1 aromatic heterocycles. The van der Waals surface area contributed by atoms with Crippen LogP contribution in [0.5, 0.6) is 0 Å². The minimum Gasteiger partial charge on any atom is -0.307 e. The number of anilines is 1. The standard InChI is InChI=1S/C15H13N3O3/c1-11-9-14(16-10-13(11)18(20)21)17-15(19)8-7-12-5-3-2-4-6-12/h2-10H,1H3,(H,16,17,19)/b8-7+. The summed E-state index contributed by atoms with van der Waals surface area (Å²) in [5.74, 6) is -0.0691. The van der Waals surface area contributed by atoms with Crippen LogP contribution < -0.4 is 5.32 Å². The van der Waals surface area contributed by atoms with E-state index in [1.165, 1.54) is 12.1 Å². The van der Waals surface area contributed by atoms with Gasteiger partial charge in [0.1, 0.15) is 12.0 Å². The summed E-state index contributed by atoms with van der Waals surface area (Å²) < 4.78 is 0. The Kier molecular flexibility index (Phi) is 4.40. The van der Waals surface area contributed by atoms with Crippen molar-refractivity contribution in [3.63, 3.8) is 0 Å². The highest BCUT2D eigenvalue weighted by Crippen LogP contribution is 2.18. The summed E-state index contributed by atoms with van der Waals surface area (Å²) in [7, 11) is 0. The second kappa shape index (κ2) is 6.42. The van der Waals surface area contributed by atoms with Crippen LogP contribution in [-0.2, 0) is 4.79 Å². The van der Waals surface area contributed by atoms with Gasteiger partial charge in [-0.3, -0.25) is 14.9 Å². The molecule has 0 bridgehead atoms. The monoisotopic (exact) mass is 283 g/mol. The van der Waals surface area contributed by atoms with Gasteiger partial charge in [0.15, 0.2) is 0 Å². The van der Waals surface area contributed by atoms with Crippen LogP contribution in [0.4, 0.5) is 11.5 Å². The molecule has 0 unspecified atom stereocenters. The molecule has 21 heavy (non-hydrogen) atoms. The molecule has 0 aliphatic heterocycles. The highest BCUT2D eigenvalue weighted by molar-refractivity contribution is 6.01. The molecule has 0 saturated heterocycles. The predicted octanol–water partition coefficient (Wildman–Crippen LogP) is 2.95. The SMILES string of the molecule is Cc1cc(NC(=O)/C=C/c2ccccc2)ncc1[N+](=O)[O-]. The van der Waals surface area contributed by atoms with E-state index in [1.54, 1.807) is 13.0 Å². The Labute approximate surface area is 121 Å². The van der Waals surface area contributed by atoms with Crippen LogP contribution in [-0.4, -0.2) is 15.8 Å². The van der Waals surface area contributed by atoms with Crippen molar-refractivity contribution in [3.8, 4) is 0 Å². The first kappa shape index (κ1) is 14.4. The number of nitro groups is 1. The molecule has 1 N–H and O–H groups in total. The second-order valence-corrected chi connectivity index (χ2v) is 4.35. The maximum Gasteiger partial charge on any atom is 0.290 e. The number of aryl methyl sites for hydroxylation is 1. The Bertz CT molecular complexity index is 697. The van der Waals surface area contributed by atoms with E-state index in [4.69, 9.17) is 0 Å². The second-order valence-electron chi connectivity index (χ2n) is 4.35. The smallest absolute Gasteiger partial charge is 0.290 e. The fourth-order valence-corrected chi connectivity index (χ4v) is 1.71.